The van der Waals surface area contributed by atoms with Crippen molar-refractivity contribution in [2.24, 2.45) is 0 Å². The van der Waals surface area contributed by atoms with Gasteiger partial charge in [-0.2, -0.15) is 0 Å². The molecule has 0 aliphatic carbocycles. The van der Waals surface area contributed by atoms with Crippen LogP contribution < -0.4 is 4.90 Å². The lowest BCUT2D eigenvalue weighted by Crippen LogP contribution is -2.10. The fourth-order valence-corrected chi connectivity index (χ4v) is 9.49. The van der Waals surface area contributed by atoms with Crippen LogP contribution >= 0.6 is 0 Å². The molecule has 10 aromatic carbocycles. The van der Waals surface area contributed by atoms with E-state index in [9.17, 15) is 0 Å². The van der Waals surface area contributed by atoms with Crippen molar-refractivity contribution in [2.45, 2.75) is 0 Å². The molecule has 0 saturated carbocycles. The van der Waals surface area contributed by atoms with Gasteiger partial charge in [0.05, 0.1) is 16.7 Å². The highest BCUT2D eigenvalue weighted by molar-refractivity contribution is 6.17. The summed E-state index contributed by atoms with van der Waals surface area (Å²) in [6, 6.07) is 87.0. The molecule has 0 amide bonds. The summed E-state index contributed by atoms with van der Waals surface area (Å²) < 4.78 is 8.92. The molecule has 0 atom stereocenters. The number of anilines is 3. The molecule has 3 nitrogen and oxygen atoms in total. The van der Waals surface area contributed by atoms with Gasteiger partial charge >= 0.3 is 0 Å². The van der Waals surface area contributed by atoms with Crippen molar-refractivity contribution >= 4 is 60.8 Å². The lowest BCUT2D eigenvalue weighted by Gasteiger charge is -2.27. The van der Waals surface area contributed by atoms with Gasteiger partial charge in [-0.1, -0.05) is 176 Å². The maximum atomic E-state index is 6.53. The summed E-state index contributed by atoms with van der Waals surface area (Å²) in [6.07, 6.45) is 0. The molecule has 296 valence electrons. The van der Waals surface area contributed by atoms with E-state index in [4.69, 9.17) is 4.42 Å². The van der Waals surface area contributed by atoms with Crippen LogP contribution in [0.2, 0.25) is 0 Å². The van der Waals surface area contributed by atoms with Crippen LogP contribution in [0.25, 0.3) is 93.9 Å². The molecule has 3 heteroatoms. The number of para-hydroxylation sites is 3. The summed E-state index contributed by atoms with van der Waals surface area (Å²) >= 11 is 0. The second kappa shape index (κ2) is 15.3. The fourth-order valence-electron chi connectivity index (χ4n) is 9.49. The Morgan fingerprint density at radius 2 is 0.841 bits per heavy atom. The molecule has 12 rings (SSSR count). The molecule has 0 aliphatic heterocycles. The first-order valence-corrected chi connectivity index (χ1v) is 21.5. The van der Waals surface area contributed by atoms with Crippen molar-refractivity contribution in [1.82, 2.24) is 4.57 Å². The molecule has 2 aromatic heterocycles. The van der Waals surface area contributed by atoms with Gasteiger partial charge in [0.2, 0.25) is 0 Å². The predicted octanol–water partition coefficient (Wildman–Crippen LogP) is 16.8. The quantitative estimate of drug-likeness (QED) is 0.153. The summed E-state index contributed by atoms with van der Waals surface area (Å²) in [5, 5.41) is 4.64. The second-order valence-corrected chi connectivity index (χ2v) is 16.1. The molecule has 63 heavy (non-hydrogen) atoms. The van der Waals surface area contributed by atoms with Gasteiger partial charge in [0.1, 0.15) is 11.2 Å². The Morgan fingerprint density at radius 3 is 1.54 bits per heavy atom. The molecule has 0 unspecified atom stereocenters. The topological polar surface area (TPSA) is 21.3 Å². The van der Waals surface area contributed by atoms with E-state index in [1.165, 1.54) is 38.5 Å². The smallest absolute Gasteiger partial charge is 0.143 e. The molecular formula is C60H40N2O. The zero-order valence-electron chi connectivity index (χ0n) is 34.4. The van der Waals surface area contributed by atoms with Gasteiger partial charge < -0.3 is 13.9 Å². The standard InChI is InChI=1S/C60H40N2O/c1-4-16-42(17-5-1)49-22-10-11-23-50(49)44-32-37-48(38-33-44)61(56-28-15-29-57-59(56)53-24-12-13-27-55(53)62(57)46-20-8-3-9-21-46)47-35-30-41(31-36-47)45-34-39-58-54(40-45)52-26-14-25-51(60(52)63-58)43-18-6-2-7-19-43/h1-40H. The van der Waals surface area contributed by atoms with Crippen LogP contribution in [0, 0.1) is 0 Å². The first kappa shape index (κ1) is 36.5. The number of rotatable bonds is 8. The number of benzene rings is 10. The van der Waals surface area contributed by atoms with E-state index in [2.05, 4.69) is 246 Å². The van der Waals surface area contributed by atoms with E-state index in [0.717, 1.165) is 72.5 Å². The molecule has 0 radical (unpaired) electrons. The monoisotopic (exact) mass is 804 g/mol. The normalized spacial score (nSPS) is 11.5. The fraction of sp³-hybridized carbons (Fsp3) is 0. The average Bonchev–Trinajstić information content (AvgIpc) is 3.91. The lowest BCUT2D eigenvalue weighted by molar-refractivity contribution is 0.670. The van der Waals surface area contributed by atoms with E-state index in [0.29, 0.717) is 0 Å². The average molecular weight is 805 g/mol. The van der Waals surface area contributed by atoms with Crippen molar-refractivity contribution in [3.05, 3.63) is 243 Å². The highest BCUT2D eigenvalue weighted by atomic mass is 16.3. The van der Waals surface area contributed by atoms with E-state index in [1.54, 1.807) is 0 Å². The molecule has 0 aliphatic rings. The first-order chi connectivity index (χ1) is 31.3. The molecule has 0 N–H and O–H groups in total. The Hall–Kier alpha value is -8.40. The van der Waals surface area contributed by atoms with Gasteiger partial charge in [0.15, 0.2) is 0 Å². The van der Waals surface area contributed by atoms with Gasteiger partial charge in [0, 0.05) is 44.2 Å². The highest BCUT2D eigenvalue weighted by Crippen LogP contribution is 2.45. The second-order valence-electron chi connectivity index (χ2n) is 16.1. The highest BCUT2D eigenvalue weighted by Gasteiger charge is 2.22. The predicted molar refractivity (Wildman–Crippen MR) is 264 cm³/mol. The van der Waals surface area contributed by atoms with E-state index in [-0.39, 0.29) is 0 Å². The van der Waals surface area contributed by atoms with Crippen LogP contribution in [0.1, 0.15) is 0 Å². The van der Waals surface area contributed by atoms with Crippen molar-refractivity contribution in [1.29, 1.82) is 0 Å². The van der Waals surface area contributed by atoms with Gasteiger partial charge in [-0.05, 0) is 106 Å². The van der Waals surface area contributed by atoms with Crippen molar-refractivity contribution < 1.29 is 4.42 Å². The molecule has 0 bridgehead atoms. The summed E-state index contributed by atoms with van der Waals surface area (Å²) in [7, 11) is 0. The Labute approximate surface area is 366 Å². The molecule has 12 aromatic rings. The minimum absolute atomic E-state index is 0.887. The van der Waals surface area contributed by atoms with Gasteiger partial charge in [-0.25, -0.2) is 0 Å². The number of hydrogen-bond acceptors (Lipinski definition) is 2. The SMILES string of the molecule is c1ccc(-c2ccccc2-c2ccc(N(c3ccc(-c4ccc5oc6c(-c7ccccc7)cccc6c5c4)cc3)c3cccc4c3c3ccccc3n4-c3ccccc3)cc2)cc1. The van der Waals surface area contributed by atoms with E-state index >= 15 is 0 Å². The number of nitrogens with zero attached hydrogens (tertiary/aromatic N) is 2. The zero-order valence-corrected chi connectivity index (χ0v) is 34.4. The Kier molecular flexibility index (Phi) is 8.83. The number of hydrogen-bond donors (Lipinski definition) is 0. The third-order valence-electron chi connectivity index (χ3n) is 12.4. The molecular weight excluding hydrogens is 765 g/mol. The van der Waals surface area contributed by atoms with E-state index < -0.39 is 0 Å². The molecule has 0 fully saturated rings. The van der Waals surface area contributed by atoms with E-state index in [1.807, 2.05) is 6.07 Å². The summed E-state index contributed by atoms with van der Waals surface area (Å²) in [5.74, 6) is 0. The van der Waals surface area contributed by atoms with Crippen LogP contribution in [-0.2, 0) is 0 Å². The lowest BCUT2D eigenvalue weighted by atomic mass is 9.94. The third-order valence-corrected chi connectivity index (χ3v) is 12.4. The van der Waals surface area contributed by atoms with Gasteiger partial charge in [-0.3, -0.25) is 0 Å². The minimum atomic E-state index is 0.887. The number of aromatic nitrogens is 1. The van der Waals surface area contributed by atoms with Crippen LogP contribution in [0.15, 0.2) is 247 Å². The molecule has 0 spiro atoms. The maximum absolute atomic E-state index is 6.53. The molecule has 2 heterocycles. The first-order valence-electron chi connectivity index (χ1n) is 21.5. The summed E-state index contributed by atoms with van der Waals surface area (Å²) in [6.45, 7) is 0. The molecule has 0 saturated heterocycles. The van der Waals surface area contributed by atoms with Crippen LogP contribution in [-0.4, -0.2) is 4.57 Å². The van der Waals surface area contributed by atoms with Crippen LogP contribution in [0.4, 0.5) is 17.1 Å². The van der Waals surface area contributed by atoms with Crippen molar-refractivity contribution in [3.63, 3.8) is 0 Å². The van der Waals surface area contributed by atoms with Crippen LogP contribution in [0.3, 0.4) is 0 Å². The Morgan fingerprint density at radius 1 is 0.333 bits per heavy atom. The van der Waals surface area contributed by atoms with Gasteiger partial charge in [-0.15, -0.1) is 0 Å². The number of fused-ring (bicyclic) bond motifs is 6. The zero-order chi connectivity index (χ0) is 41.7. The maximum Gasteiger partial charge on any atom is 0.143 e. The third kappa shape index (κ3) is 6.29. The van der Waals surface area contributed by atoms with Crippen LogP contribution in [0.5, 0.6) is 0 Å². The number of furan rings is 1. The summed E-state index contributed by atoms with van der Waals surface area (Å²) in [5.41, 5.74) is 17.9. The van der Waals surface area contributed by atoms with Crippen molar-refractivity contribution in [3.8, 4) is 50.2 Å². The minimum Gasteiger partial charge on any atom is -0.455 e. The van der Waals surface area contributed by atoms with Crippen molar-refractivity contribution in [2.75, 3.05) is 4.90 Å². The summed E-state index contributed by atoms with van der Waals surface area (Å²) in [4.78, 5) is 2.42. The Balaban J connectivity index is 0.998. The largest absolute Gasteiger partial charge is 0.455 e. The Bertz CT molecular complexity index is 3590. The van der Waals surface area contributed by atoms with Gasteiger partial charge in [0.25, 0.3) is 0 Å².